The van der Waals surface area contributed by atoms with E-state index in [1.54, 1.807) is 18.2 Å². The Hall–Kier alpha value is -2.21. The predicted octanol–water partition coefficient (Wildman–Crippen LogP) is 2.15. The Morgan fingerprint density at radius 1 is 1.38 bits per heavy atom. The molecule has 2 aromatic rings. The van der Waals surface area contributed by atoms with Gasteiger partial charge >= 0.3 is 5.97 Å². The van der Waals surface area contributed by atoms with E-state index in [0.717, 1.165) is 24.8 Å². The zero-order valence-electron chi connectivity index (χ0n) is 11.9. The molecule has 112 valence electrons. The number of anilines is 1. The van der Waals surface area contributed by atoms with E-state index in [-0.39, 0.29) is 12.2 Å². The van der Waals surface area contributed by atoms with Gasteiger partial charge in [0, 0.05) is 18.5 Å². The van der Waals surface area contributed by atoms with Crippen molar-refractivity contribution in [2.45, 2.75) is 19.8 Å². The molecule has 0 radical (unpaired) electrons. The fourth-order valence-corrected chi connectivity index (χ4v) is 2.08. The molecule has 1 aromatic carbocycles. The van der Waals surface area contributed by atoms with Crippen molar-refractivity contribution in [1.82, 2.24) is 9.97 Å². The number of carboxylic acids is 1. The summed E-state index contributed by atoms with van der Waals surface area (Å²) in [5.41, 5.74) is 0.819. The SMILES string of the molecule is CC(CO)CCCNc1ncnc2cc(C(=O)O)ccc12. The van der Waals surface area contributed by atoms with E-state index in [1.807, 2.05) is 6.92 Å². The molecule has 6 heteroatoms. The van der Waals surface area contributed by atoms with Crippen LogP contribution in [-0.4, -0.2) is 39.3 Å². The maximum Gasteiger partial charge on any atom is 0.335 e. The first-order valence-corrected chi connectivity index (χ1v) is 6.94. The molecule has 1 unspecified atom stereocenters. The van der Waals surface area contributed by atoms with Crippen LogP contribution in [0.3, 0.4) is 0 Å². The first-order valence-electron chi connectivity index (χ1n) is 6.94. The smallest absolute Gasteiger partial charge is 0.335 e. The van der Waals surface area contributed by atoms with Gasteiger partial charge in [-0.15, -0.1) is 0 Å². The number of nitrogens with zero attached hydrogens (tertiary/aromatic N) is 2. The summed E-state index contributed by atoms with van der Waals surface area (Å²) in [5.74, 6) is 0.0312. The highest BCUT2D eigenvalue weighted by atomic mass is 16.4. The molecule has 3 N–H and O–H groups in total. The molecule has 1 atom stereocenters. The summed E-state index contributed by atoms with van der Waals surface area (Å²) < 4.78 is 0. The average Bonchev–Trinajstić information content (AvgIpc) is 2.50. The molecule has 0 aliphatic heterocycles. The number of aliphatic hydroxyl groups excluding tert-OH is 1. The summed E-state index contributed by atoms with van der Waals surface area (Å²) in [6, 6.07) is 4.81. The Balaban J connectivity index is 2.08. The number of carbonyl (C=O) groups is 1. The first-order chi connectivity index (χ1) is 10.1. The third-order valence-electron chi connectivity index (χ3n) is 3.36. The predicted molar refractivity (Wildman–Crippen MR) is 80.5 cm³/mol. The van der Waals surface area contributed by atoms with Gasteiger partial charge in [-0.25, -0.2) is 14.8 Å². The largest absolute Gasteiger partial charge is 0.478 e. The number of aliphatic hydroxyl groups is 1. The van der Waals surface area contributed by atoms with E-state index in [0.29, 0.717) is 17.3 Å². The standard InChI is InChI=1S/C15H19N3O3/c1-10(8-19)3-2-6-16-14-12-5-4-11(15(20)21)7-13(12)17-9-18-14/h4-5,7,9-10,19H,2-3,6,8H2,1H3,(H,20,21)(H,16,17,18). The van der Waals surface area contributed by atoms with Crippen molar-refractivity contribution in [2.75, 3.05) is 18.5 Å². The second-order valence-electron chi connectivity index (χ2n) is 5.12. The Bertz CT molecular complexity index is 631. The number of aromatic carboxylic acids is 1. The Morgan fingerprint density at radius 2 is 2.19 bits per heavy atom. The molecule has 0 fully saturated rings. The molecule has 0 amide bonds. The van der Waals surface area contributed by atoms with Gasteiger partial charge in [-0.1, -0.05) is 6.92 Å². The molecular formula is C15H19N3O3. The monoisotopic (exact) mass is 289 g/mol. The van der Waals surface area contributed by atoms with Crippen molar-refractivity contribution >= 4 is 22.7 Å². The van der Waals surface area contributed by atoms with E-state index in [9.17, 15) is 4.79 Å². The number of aromatic nitrogens is 2. The van der Waals surface area contributed by atoms with E-state index < -0.39 is 5.97 Å². The van der Waals surface area contributed by atoms with Crippen LogP contribution < -0.4 is 5.32 Å². The van der Waals surface area contributed by atoms with Gasteiger partial charge in [-0.05, 0) is 37.0 Å². The normalized spacial score (nSPS) is 12.3. The third-order valence-corrected chi connectivity index (χ3v) is 3.36. The van der Waals surface area contributed by atoms with Gasteiger partial charge < -0.3 is 15.5 Å². The van der Waals surface area contributed by atoms with Crippen molar-refractivity contribution in [2.24, 2.45) is 5.92 Å². The lowest BCUT2D eigenvalue weighted by Crippen LogP contribution is -2.08. The van der Waals surface area contributed by atoms with Gasteiger partial charge in [0.2, 0.25) is 0 Å². The summed E-state index contributed by atoms with van der Waals surface area (Å²) >= 11 is 0. The van der Waals surface area contributed by atoms with Gasteiger partial charge in [0.25, 0.3) is 0 Å². The number of benzene rings is 1. The second-order valence-corrected chi connectivity index (χ2v) is 5.12. The molecule has 0 spiro atoms. The van der Waals surface area contributed by atoms with Crippen LogP contribution in [-0.2, 0) is 0 Å². The first kappa shape index (κ1) is 15.2. The summed E-state index contributed by atoms with van der Waals surface area (Å²) in [7, 11) is 0. The lowest BCUT2D eigenvalue weighted by Gasteiger charge is -2.10. The molecule has 1 heterocycles. The molecule has 2 rings (SSSR count). The highest BCUT2D eigenvalue weighted by Crippen LogP contribution is 2.20. The number of hydrogen-bond donors (Lipinski definition) is 3. The van der Waals surface area contributed by atoms with Gasteiger partial charge in [0.1, 0.15) is 12.1 Å². The maximum absolute atomic E-state index is 11.0. The lowest BCUT2D eigenvalue weighted by molar-refractivity contribution is 0.0697. The van der Waals surface area contributed by atoms with Crippen molar-refractivity contribution in [3.05, 3.63) is 30.1 Å². The van der Waals surface area contributed by atoms with Crippen molar-refractivity contribution in [3.8, 4) is 0 Å². The fourth-order valence-electron chi connectivity index (χ4n) is 2.08. The van der Waals surface area contributed by atoms with Crippen LogP contribution >= 0.6 is 0 Å². The number of rotatable bonds is 7. The van der Waals surface area contributed by atoms with Crippen LogP contribution in [0.5, 0.6) is 0 Å². The van der Waals surface area contributed by atoms with Crippen molar-refractivity contribution < 1.29 is 15.0 Å². The van der Waals surface area contributed by atoms with Crippen LogP contribution in [0, 0.1) is 5.92 Å². The second kappa shape index (κ2) is 6.99. The van der Waals surface area contributed by atoms with Crippen molar-refractivity contribution in [1.29, 1.82) is 0 Å². The molecule has 0 saturated heterocycles. The van der Waals surface area contributed by atoms with Crippen LogP contribution in [0.1, 0.15) is 30.1 Å². The molecule has 0 aliphatic rings. The minimum atomic E-state index is -0.969. The molecule has 1 aromatic heterocycles. The fraction of sp³-hybridized carbons (Fsp3) is 0.400. The highest BCUT2D eigenvalue weighted by Gasteiger charge is 2.08. The van der Waals surface area contributed by atoms with Gasteiger partial charge in [0.15, 0.2) is 0 Å². The minimum Gasteiger partial charge on any atom is -0.478 e. The lowest BCUT2D eigenvalue weighted by atomic mass is 10.1. The molecule has 0 bridgehead atoms. The molecule has 0 saturated carbocycles. The summed E-state index contributed by atoms with van der Waals surface area (Å²) in [6.45, 7) is 2.96. The zero-order chi connectivity index (χ0) is 15.2. The van der Waals surface area contributed by atoms with E-state index in [4.69, 9.17) is 10.2 Å². The summed E-state index contributed by atoms with van der Waals surface area (Å²) in [6.07, 6.45) is 3.29. The summed E-state index contributed by atoms with van der Waals surface area (Å²) in [5, 5.41) is 22.0. The Morgan fingerprint density at radius 3 is 2.90 bits per heavy atom. The van der Waals surface area contributed by atoms with Gasteiger partial charge in [0.05, 0.1) is 11.1 Å². The Labute approximate surface area is 122 Å². The topological polar surface area (TPSA) is 95.3 Å². The van der Waals surface area contributed by atoms with Crippen LogP contribution in [0.15, 0.2) is 24.5 Å². The Kier molecular flexibility index (Phi) is 5.05. The highest BCUT2D eigenvalue weighted by molar-refractivity contribution is 5.96. The molecule has 6 nitrogen and oxygen atoms in total. The van der Waals surface area contributed by atoms with E-state index in [1.165, 1.54) is 6.33 Å². The number of carboxylic acid groups (broad SMARTS) is 1. The molecule has 21 heavy (non-hydrogen) atoms. The van der Waals surface area contributed by atoms with Crippen LogP contribution in [0.2, 0.25) is 0 Å². The number of hydrogen-bond acceptors (Lipinski definition) is 5. The van der Waals surface area contributed by atoms with Gasteiger partial charge in [-0.3, -0.25) is 0 Å². The number of nitrogens with one attached hydrogen (secondary N) is 1. The van der Waals surface area contributed by atoms with E-state index in [2.05, 4.69) is 15.3 Å². The van der Waals surface area contributed by atoms with Gasteiger partial charge in [-0.2, -0.15) is 0 Å². The zero-order valence-corrected chi connectivity index (χ0v) is 11.9. The minimum absolute atomic E-state index is 0.203. The molecule has 0 aliphatic carbocycles. The van der Waals surface area contributed by atoms with Crippen LogP contribution in [0.4, 0.5) is 5.82 Å². The quantitative estimate of drug-likeness (QED) is 0.676. The van der Waals surface area contributed by atoms with Crippen molar-refractivity contribution in [3.63, 3.8) is 0 Å². The summed E-state index contributed by atoms with van der Waals surface area (Å²) in [4.78, 5) is 19.3. The molecular weight excluding hydrogens is 270 g/mol. The number of fused-ring (bicyclic) bond motifs is 1. The average molecular weight is 289 g/mol. The van der Waals surface area contributed by atoms with E-state index >= 15 is 0 Å². The third kappa shape index (κ3) is 3.88. The van der Waals surface area contributed by atoms with Crippen LogP contribution in [0.25, 0.3) is 10.9 Å². The maximum atomic E-state index is 11.0.